The maximum Gasteiger partial charge on any atom is 0.410 e. The van der Waals surface area contributed by atoms with Crippen molar-refractivity contribution in [2.24, 2.45) is 0 Å². The summed E-state index contributed by atoms with van der Waals surface area (Å²) in [5.41, 5.74) is 2.44. The van der Waals surface area contributed by atoms with Gasteiger partial charge in [-0.25, -0.2) is 4.79 Å². The minimum absolute atomic E-state index is 0.0905. The molecule has 8 nitrogen and oxygen atoms in total. The van der Waals surface area contributed by atoms with Gasteiger partial charge in [0.15, 0.2) is 0 Å². The molecule has 1 aromatic carbocycles. The fourth-order valence-corrected chi connectivity index (χ4v) is 4.35. The smallest absolute Gasteiger partial charge is 0.410 e. The second-order valence-corrected chi connectivity index (χ2v) is 9.90. The van der Waals surface area contributed by atoms with E-state index >= 15 is 0 Å². The minimum Gasteiger partial charge on any atom is -0.444 e. The van der Waals surface area contributed by atoms with E-state index in [2.05, 4.69) is 16.2 Å². The summed E-state index contributed by atoms with van der Waals surface area (Å²) in [6.45, 7) is 10.9. The molecule has 8 heteroatoms. The third-order valence-electron chi connectivity index (χ3n) is 5.93. The number of anilines is 1. The first kappa shape index (κ1) is 22.3. The van der Waals surface area contributed by atoms with E-state index in [1.807, 2.05) is 51.7 Å². The highest BCUT2D eigenvalue weighted by Gasteiger charge is 2.31. The molecule has 172 valence electrons. The normalized spacial score (nSPS) is 17.6. The van der Waals surface area contributed by atoms with Crippen molar-refractivity contribution in [3.8, 4) is 11.4 Å². The molecule has 0 bridgehead atoms. The summed E-state index contributed by atoms with van der Waals surface area (Å²) >= 11 is 0. The molecule has 4 rings (SSSR count). The van der Waals surface area contributed by atoms with E-state index in [1.54, 1.807) is 4.90 Å². The molecule has 2 aliphatic rings. The lowest BCUT2D eigenvalue weighted by Crippen LogP contribution is -2.41. The summed E-state index contributed by atoms with van der Waals surface area (Å²) in [4.78, 5) is 33.0. The van der Waals surface area contributed by atoms with Gasteiger partial charge in [0.1, 0.15) is 5.60 Å². The molecule has 1 fully saturated rings. The Bertz CT molecular complexity index is 1000. The van der Waals surface area contributed by atoms with Crippen LogP contribution in [0.1, 0.15) is 71.3 Å². The van der Waals surface area contributed by atoms with Crippen LogP contribution in [-0.2, 0) is 16.0 Å². The Labute approximate surface area is 188 Å². The Hall–Kier alpha value is -2.90. The van der Waals surface area contributed by atoms with Gasteiger partial charge in [0.25, 0.3) is 0 Å². The van der Waals surface area contributed by atoms with Crippen LogP contribution >= 0.6 is 0 Å². The highest BCUT2D eigenvalue weighted by atomic mass is 16.6. The average Bonchev–Trinajstić information content (AvgIpc) is 3.22. The number of carbonyl (C=O) groups excluding carboxylic acids is 2. The summed E-state index contributed by atoms with van der Waals surface area (Å²) in [6.07, 6.45) is 2.52. The number of rotatable bonds is 3. The molecule has 0 N–H and O–H groups in total. The number of ether oxygens (including phenoxy) is 1. The second kappa shape index (κ2) is 8.56. The number of amides is 2. The van der Waals surface area contributed by atoms with Crippen molar-refractivity contribution < 1.29 is 18.8 Å². The molecule has 0 unspecified atom stereocenters. The monoisotopic (exact) mass is 440 g/mol. The van der Waals surface area contributed by atoms with Gasteiger partial charge in [0.2, 0.25) is 17.6 Å². The summed E-state index contributed by atoms with van der Waals surface area (Å²) < 4.78 is 11.1. The van der Waals surface area contributed by atoms with Crippen molar-refractivity contribution in [3.63, 3.8) is 0 Å². The number of likely N-dealkylation sites (tertiary alicyclic amines) is 1. The standard InChI is InChI=1S/C24H32N4O4/c1-15(2)28-19-14-18(7-6-16(19)8-9-20(28)29)21-25-22(32-26-21)17-10-12-27(13-11-17)23(30)31-24(3,4)5/h6-7,14-15,17H,8-13H2,1-5H3. The van der Waals surface area contributed by atoms with E-state index in [9.17, 15) is 9.59 Å². The van der Waals surface area contributed by atoms with E-state index in [-0.39, 0.29) is 24.0 Å². The number of aryl methyl sites for hydroxylation is 1. The summed E-state index contributed by atoms with van der Waals surface area (Å²) in [7, 11) is 0. The van der Waals surface area contributed by atoms with E-state index in [0.717, 1.165) is 30.5 Å². The molecule has 1 aromatic heterocycles. The van der Waals surface area contributed by atoms with Crippen LogP contribution in [0.5, 0.6) is 0 Å². The molecule has 0 spiro atoms. The highest BCUT2D eigenvalue weighted by molar-refractivity contribution is 5.97. The quantitative estimate of drug-likeness (QED) is 0.696. The molecule has 0 radical (unpaired) electrons. The number of hydrogen-bond donors (Lipinski definition) is 0. The third-order valence-corrected chi connectivity index (χ3v) is 5.93. The second-order valence-electron chi connectivity index (χ2n) is 9.90. The Kier molecular flexibility index (Phi) is 5.97. The van der Waals surface area contributed by atoms with Crippen LogP contribution in [0.2, 0.25) is 0 Å². The van der Waals surface area contributed by atoms with Crippen LogP contribution in [0, 0.1) is 0 Å². The van der Waals surface area contributed by atoms with Crippen molar-refractivity contribution in [1.82, 2.24) is 15.0 Å². The molecule has 0 saturated carbocycles. The van der Waals surface area contributed by atoms with Crippen LogP contribution < -0.4 is 4.90 Å². The first-order valence-electron chi connectivity index (χ1n) is 11.4. The number of fused-ring (bicyclic) bond motifs is 1. The van der Waals surface area contributed by atoms with Crippen molar-refractivity contribution in [1.29, 1.82) is 0 Å². The summed E-state index contributed by atoms with van der Waals surface area (Å²) in [5, 5.41) is 4.21. The van der Waals surface area contributed by atoms with Gasteiger partial charge in [-0.2, -0.15) is 4.98 Å². The highest BCUT2D eigenvalue weighted by Crippen LogP contribution is 2.34. The van der Waals surface area contributed by atoms with Crippen LogP contribution in [0.15, 0.2) is 22.7 Å². The van der Waals surface area contributed by atoms with Gasteiger partial charge in [-0.15, -0.1) is 0 Å². The Balaban J connectivity index is 1.46. The zero-order valence-electron chi connectivity index (χ0n) is 19.6. The number of hydrogen-bond acceptors (Lipinski definition) is 6. The zero-order valence-corrected chi connectivity index (χ0v) is 19.6. The molecule has 2 aliphatic heterocycles. The van der Waals surface area contributed by atoms with Crippen molar-refractivity contribution in [2.75, 3.05) is 18.0 Å². The van der Waals surface area contributed by atoms with Gasteiger partial charge in [0, 0.05) is 42.7 Å². The van der Waals surface area contributed by atoms with Gasteiger partial charge in [-0.05, 0) is 65.5 Å². The van der Waals surface area contributed by atoms with Gasteiger partial charge in [-0.3, -0.25) is 4.79 Å². The van der Waals surface area contributed by atoms with E-state index in [4.69, 9.17) is 9.26 Å². The third kappa shape index (κ3) is 4.64. The number of carbonyl (C=O) groups is 2. The van der Waals surface area contributed by atoms with Crippen LogP contribution in [0.4, 0.5) is 10.5 Å². The molecular weight excluding hydrogens is 408 g/mol. The predicted molar refractivity (Wildman–Crippen MR) is 120 cm³/mol. The number of benzene rings is 1. The minimum atomic E-state index is -0.500. The first-order chi connectivity index (χ1) is 15.1. The van der Waals surface area contributed by atoms with Crippen molar-refractivity contribution >= 4 is 17.7 Å². The maximum absolute atomic E-state index is 12.4. The number of nitrogens with zero attached hydrogens (tertiary/aromatic N) is 4. The van der Waals surface area contributed by atoms with Crippen LogP contribution in [0.3, 0.4) is 0 Å². The molecule has 2 amide bonds. The predicted octanol–water partition coefficient (Wildman–Crippen LogP) is 4.54. The number of aromatic nitrogens is 2. The molecule has 32 heavy (non-hydrogen) atoms. The molecule has 3 heterocycles. The van der Waals surface area contributed by atoms with Gasteiger partial charge in [-0.1, -0.05) is 17.3 Å². The largest absolute Gasteiger partial charge is 0.444 e. The average molecular weight is 441 g/mol. The SMILES string of the molecule is CC(C)N1C(=O)CCc2ccc(-c3noc(C4CCN(C(=O)OC(C)(C)C)CC4)n3)cc21. The van der Waals surface area contributed by atoms with Gasteiger partial charge >= 0.3 is 6.09 Å². The van der Waals surface area contributed by atoms with E-state index < -0.39 is 5.60 Å². The molecule has 0 atom stereocenters. The molecule has 2 aromatic rings. The molecule has 1 saturated heterocycles. The van der Waals surface area contributed by atoms with Gasteiger partial charge < -0.3 is 19.1 Å². The van der Waals surface area contributed by atoms with E-state index in [1.165, 1.54) is 5.56 Å². The summed E-state index contributed by atoms with van der Waals surface area (Å²) in [6, 6.07) is 6.13. The lowest BCUT2D eigenvalue weighted by molar-refractivity contribution is -0.119. The van der Waals surface area contributed by atoms with E-state index in [0.29, 0.717) is 31.2 Å². The lowest BCUT2D eigenvalue weighted by Gasteiger charge is -2.33. The Morgan fingerprint density at radius 2 is 1.91 bits per heavy atom. The van der Waals surface area contributed by atoms with Gasteiger partial charge in [0.05, 0.1) is 0 Å². The Morgan fingerprint density at radius 1 is 1.19 bits per heavy atom. The zero-order chi connectivity index (χ0) is 23.0. The van der Waals surface area contributed by atoms with Crippen molar-refractivity contribution in [2.45, 2.75) is 77.9 Å². The van der Waals surface area contributed by atoms with Crippen LogP contribution in [-0.4, -0.2) is 51.8 Å². The number of piperidine rings is 1. The van der Waals surface area contributed by atoms with Crippen LogP contribution in [0.25, 0.3) is 11.4 Å². The summed E-state index contributed by atoms with van der Waals surface area (Å²) in [5.74, 6) is 1.38. The molecular formula is C24H32N4O4. The Morgan fingerprint density at radius 3 is 2.56 bits per heavy atom. The van der Waals surface area contributed by atoms with Crippen molar-refractivity contribution in [3.05, 3.63) is 29.7 Å². The fraction of sp³-hybridized carbons (Fsp3) is 0.583. The topological polar surface area (TPSA) is 88.8 Å². The fourth-order valence-electron chi connectivity index (χ4n) is 4.35. The molecule has 0 aliphatic carbocycles. The first-order valence-corrected chi connectivity index (χ1v) is 11.4. The maximum atomic E-state index is 12.4. The lowest BCUT2D eigenvalue weighted by atomic mass is 9.96.